The van der Waals surface area contributed by atoms with Gasteiger partial charge < -0.3 is 15.7 Å². The Morgan fingerprint density at radius 1 is 0.963 bits per heavy atom. The van der Waals surface area contributed by atoms with E-state index in [2.05, 4.69) is 15.5 Å². The normalized spacial score (nSPS) is 25.5. The van der Waals surface area contributed by atoms with Gasteiger partial charge in [-0.1, -0.05) is 6.42 Å². The fourth-order valence-electron chi connectivity index (χ4n) is 4.60. The number of amides is 1. The number of carboxylic acid groups (broad SMARTS) is 1. The molecule has 1 atom stereocenters. The van der Waals surface area contributed by atoms with Crippen LogP contribution in [0.1, 0.15) is 32.1 Å². The molecule has 3 rings (SSSR count). The van der Waals surface area contributed by atoms with Gasteiger partial charge in [0.05, 0.1) is 0 Å². The third kappa shape index (κ3) is 5.25. The number of carbonyl (C=O) groups is 2. The summed E-state index contributed by atoms with van der Waals surface area (Å²) >= 11 is 0. The van der Waals surface area contributed by atoms with Crippen LogP contribution in [-0.2, 0) is 9.59 Å². The Hall–Kier alpha value is -0.640. The van der Waals surface area contributed by atoms with Gasteiger partial charge in [-0.15, -0.1) is 24.8 Å². The number of carbonyl (C=O) groups excluding carboxylic acids is 1. The maximum absolute atomic E-state index is 12.3. The summed E-state index contributed by atoms with van der Waals surface area (Å²) in [4.78, 5) is 29.9. The third-order valence-corrected chi connectivity index (χ3v) is 5.97. The summed E-state index contributed by atoms with van der Waals surface area (Å²) in [7, 11) is 0. The molecule has 0 aromatic heterocycles. The minimum absolute atomic E-state index is 0. The summed E-state index contributed by atoms with van der Waals surface area (Å²) in [5.74, 6) is -2.38. The van der Waals surface area contributed by atoms with Crippen LogP contribution < -0.4 is 10.6 Å². The summed E-state index contributed by atoms with van der Waals surface area (Å²) in [6.45, 7) is 6.57. The first kappa shape index (κ1) is 24.4. The van der Waals surface area contributed by atoms with Crippen LogP contribution >= 0.6 is 24.8 Å². The lowest BCUT2D eigenvalue weighted by molar-refractivity contribution is -0.181. The number of aliphatic carboxylic acids is 1. The number of hydrogen-bond donors (Lipinski definition) is 3. The van der Waals surface area contributed by atoms with Gasteiger partial charge in [0.25, 0.3) is 5.79 Å². The molecule has 1 amide bonds. The van der Waals surface area contributed by atoms with E-state index in [1.165, 1.54) is 0 Å². The number of piperazine rings is 1. The number of likely N-dealkylation sites (tertiary alicyclic amines) is 1. The van der Waals surface area contributed by atoms with E-state index in [0.717, 1.165) is 58.3 Å². The quantitative estimate of drug-likeness (QED) is 0.522. The van der Waals surface area contributed by atoms with Crippen molar-refractivity contribution in [3.63, 3.8) is 0 Å². The van der Waals surface area contributed by atoms with Crippen LogP contribution in [0.5, 0.6) is 0 Å². The average Bonchev–Trinajstić information content (AvgIpc) is 2.67. The zero-order chi connectivity index (χ0) is 17.7. The van der Waals surface area contributed by atoms with E-state index in [-0.39, 0.29) is 24.8 Å². The minimum Gasteiger partial charge on any atom is -0.477 e. The molecular formula is C17H33Cl2N5O3. The summed E-state index contributed by atoms with van der Waals surface area (Å²) in [6.07, 6.45) is 5.93. The van der Waals surface area contributed by atoms with Crippen molar-refractivity contribution in [1.82, 2.24) is 25.3 Å². The third-order valence-electron chi connectivity index (χ3n) is 5.97. The van der Waals surface area contributed by atoms with Crippen molar-refractivity contribution in [2.24, 2.45) is 0 Å². The first-order valence-corrected chi connectivity index (χ1v) is 9.58. The van der Waals surface area contributed by atoms with Crippen LogP contribution in [0.25, 0.3) is 0 Å². The summed E-state index contributed by atoms with van der Waals surface area (Å²) in [5.41, 5.74) is 0. The molecule has 1 unspecified atom stereocenters. The van der Waals surface area contributed by atoms with Crippen LogP contribution in [0, 0.1) is 0 Å². The lowest BCUT2D eigenvalue weighted by atomic mass is 10.0. The van der Waals surface area contributed by atoms with Crippen LogP contribution in [0.3, 0.4) is 0 Å². The van der Waals surface area contributed by atoms with Gasteiger partial charge in [0.2, 0.25) is 6.41 Å². The molecule has 0 saturated carbocycles. The molecule has 3 N–H and O–H groups in total. The number of nitrogens with zero attached hydrogens (tertiary/aromatic N) is 3. The van der Waals surface area contributed by atoms with Gasteiger partial charge in [-0.05, 0) is 38.8 Å². The van der Waals surface area contributed by atoms with Crippen LogP contribution in [0.2, 0.25) is 0 Å². The van der Waals surface area contributed by atoms with E-state index in [4.69, 9.17) is 0 Å². The van der Waals surface area contributed by atoms with E-state index < -0.39 is 11.8 Å². The van der Waals surface area contributed by atoms with Gasteiger partial charge in [-0.2, -0.15) is 0 Å². The average molecular weight is 426 g/mol. The van der Waals surface area contributed by atoms with Gasteiger partial charge >= 0.3 is 5.97 Å². The highest BCUT2D eigenvalue weighted by Crippen LogP contribution is 2.26. The number of carboxylic acids is 1. The van der Waals surface area contributed by atoms with Crippen LogP contribution in [0.4, 0.5) is 0 Å². The smallest absolute Gasteiger partial charge is 0.361 e. The molecule has 8 nitrogen and oxygen atoms in total. The molecule has 0 aliphatic carbocycles. The topological polar surface area (TPSA) is 88.1 Å². The minimum atomic E-state index is -1.40. The molecule has 3 fully saturated rings. The van der Waals surface area contributed by atoms with Crippen molar-refractivity contribution < 1.29 is 14.7 Å². The Kier molecular flexibility index (Phi) is 10.3. The molecule has 3 heterocycles. The molecule has 3 aliphatic rings. The first-order valence-electron chi connectivity index (χ1n) is 9.58. The van der Waals surface area contributed by atoms with Crippen molar-refractivity contribution in [3.05, 3.63) is 0 Å². The molecule has 3 aliphatic heterocycles. The van der Waals surface area contributed by atoms with Crippen molar-refractivity contribution in [2.45, 2.75) is 43.9 Å². The molecular weight excluding hydrogens is 393 g/mol. The Balaban J connectivity index is 0.00000182. The van der Waals surface area contributed by atoms with Crippen LogP contribution in [0.15, 0.2) is 0 Å². The summed E-state index contributed by atoms with van der Waals surface area (Å²) < 4.78 is 0. The van der Waals surface area contributed by atoms with Gasteiger partial charge in [0, 0.05) is 45.3 Å². The van der Waals surface area contributed by atoms with Crippen molar-refractivity contribution in [1.29, 1.82) is 0 Å². The van der Waals surface area contributed by atoms with E-state index >= 15 is 0 Å². The molecule has 0 aromatic carbocycles. The molecule has 0 aromatic rings. The summed E-state index contributed by atoms with van der Waals surface area (Å²) in [5, 5.41) is 16.1. The van der Waals surface area contributed by atoms with Gasteiger partial charge in [0.1, 0.15) is 0 Å². The Morgan fingerprint density at radius 2 is 1.52 bits per heavy atom. The van der Waals surface area contributed by atoms with Gasteiger partial charge in [-0.3, -0.25) is 19.5 Å². The van der Waals surface area contributed by atoms with E-state index in [1.807, 2.05) is 9.80 Å². The molecule has 158 valence electrons. The second-order valence-electron chi connectivity index (χ2n) is 7.29. The summed E-state index contributed by atoms with van der Waals surface area (Å²) in [6, 6.07) is 0.594. The van der Waals surface area contributed by atoms with Gasteiger partial charge in [0.15, 0.2) is 0 Å². The van der Waals surface area contributed by atoms with Crippen LogP contribution in [-0.4, -0.2) is 96.4 Å². The number of piperidine rings is 2. The lowest BCUT2D eigenvalue weighted by Gasteiger charge is -2.51. The molecule has 0 radical (unpaired) electrons. The number of hydrogen-bond acceptors (Lipinski definition) is 6. The van der Waals surface area contributed by atoms with Gasteiger partial charge in [-0.25, -0.2) is 4.79 Å². The fourth-order valence-corrected chi connectivity index (χ4v) is 4.60. The highest BCUT2D eigenvalue weighted by molar-refractivity contribution is 5.85. The number of rotatable bonds is 6. The number of halogens is 2. The van der Waals surface area contributed by atoms with Crippen molar-refractivity contribution in [2.75, 3.05) is 52.4 Å². The highest BCUT2D eigenvalue weighted by Gasteiger charge is 2.50. The predicted octanol–water partition coefficient (Wildman–Crippen LogP) is 0.170. The zero-order valence-electron chi connectivity index (χ0n) is 15.8. The largest absolute Gasteiger partial charge is 0.477 e. The Bertz CT molecular complexity index is 467. The van der Waals surface area contributed by atoms with E-state index in [1.54, 1.807) is 0 Å². The number of nitrogens with one attached hydrogen (secondary N) is 2. The molecule has 27 heavy (non-hydrogen) atoms. The van der Waals surface area contributed by atoms with Crippen molar-refractivity contribution in [3.8, 4) is 0 Å². The zero-order valence-corrected chi connectivity index (χ0v) is 17.4. The second kappa shape index (κ2) is 11.4. The lowest BCUT2D eigenvalue weighted by Crippen LogP contribution is -2.76. The highest BCUT2D eigenvalue weighted by atomic mass is 35.5. The molecule has 0 spiro atoms. The van der Waals surface area contributed by atoms with E-state index in [9.17, 15) is 14.7 Å². The monoisotopic (exact) mass is 425 g/mol. The Morgan fingerprint density at radius 3 is 2.04 bits per heavy atom. The molecule has 10 heteroatoms. The Labute approximate surface area is 173 Å². The SMILES string of the molecule is Cl.Cl.O=CNC(C(=O)O)(N1CCCCC1)N1CCN(C2CCNCC2)CC1. The predicted molar refractivity (Wildman–Crippen MR) is 109 cm³/mol. The first-order chi connectivity index (χ1) is 12.2. The maximum Gasteiger partial charge on any atom is 0.361 e. The van der Waals surface area contributed by atoms with E-state index in [0.29, 0.717) is 38.6 Å². The fraction of sp³-hybridized carbons (Fsp3) is 0.882. The second-order valence-corrected chi connectivity index (χ2v) is 7.29. The molecule has 3 saturated heterocycles. The standard InChI is InChI=1S/C17H31N5O3.2ClH/c23-14-19-17(16(24)25,21-8-2-1-3-9-21)22-12-10-20(11-13-22)15-4-6-18-7-5-15;;/h14-15,18H,1-13H2,(H,19,23)(H,24,25);2*1H. The molecule has 0 bridgehead atoms. The van der Waals surface area contributed by atoms with Crippen molar-refractivity contribution >= 4 is 37.2 Å². The maximum atomic E-state index is 12.3.